The first-order chi connectivity index (χ1) is 12.2. The Morgan fingerprint density at radius 1 is 1.12 bits per heavy atom. The van der Waals surface area contributed by atoms with E-state index in [4.69, 9.17) is 27.9 Å². The van der Waals surface area contributed by atoms with Crippen LogP contribution in [0.2, 0.25) is 10.0 Å². The largest absolute Gasteiger partial charge is 0.354 e. The highest BCUT2D eigenvalue weighted by molar-refractivity contribution is 7.98. The predicted octanol–water partition coefficient (Wildman–Crippen LogP) is 4.97. The van der Waals surface area contributed by atoms with Crippen molar-refractivity contribution in [3.63, 3.8) is 0 Å². The molecule has 4 rings (SSSR count). The lowest BCUT2D eigenvalue weighted by Gasteiger charge is -2.16. The third kappa shape index (κ3) is 2.95. The van der Waals surface area contributed by atoms with Crippen LogP contribution >= 0.6 is 35.0 Å². The summed E-state index contributed by atoms with van der Waals surface area (Å²) in [5, 5.41) is 6.53. The van der Waals surface area contributed by atoms with Gasteiger partial charge in [-0.25, -0.2) is 9.67 Å². The Kier molecular flexibility index (Phi) is 4.50. The normalized spacial score (nSPS) is 22.1. The zero-order chi connectivity index (χ0) is 17.4. The third-order valence-electron chi connectivity index (χ3n) is 4.36. The van der Waals surface area contributed by atoms with E-state index in [1.54, 1.807) is 18.1 Å². The summed E-state index contributed by atoms with van der Waals surface area (Å²) in [5.41, 5.74) is 1.28. The fourth-order valence-electron chi connectivity index (χ4n) is 3.14. The van der Waals surface area contributed by atoms with Crippen LogP contribution in [-0.4, -0.2) is 21.0 Å². The Morgan fingerprint density at radius 3 is 2.56 bits per heavy atom. The number of ether oxygens (including phenoxy) is 1. The molecule has 0 saturated carbocycles. The Labute approximate surface area is 160 Å². The molecule has 0 spiro atoms. The second kappa shape index (κ2) is 6.65. The highest BCUT2D eigenvalue weighted by Gasteiger charge is 2.60. The van der Waals surface area contributed by atoms with E-state index in [0.29, 0.717) is 16.6 Å². The number of epoxide rings is 1. The molecule has 0 N–H and O–H groups in total. The lowest BCUT2D eigenvalue weighted by atomic mass is 9.91. The van der Waals surface area contributed by atoms with Gasteiger partial charge in [-0.2, -0.15) is 5.10 Å². The van der Waals surface area contributed by atoms with E-state index < -0.39 is 5.60 Å². The maximum atomic E-state index is 6.49. The van der Waals surface area contributed by atoms with Crippen molar-refractivity contribution in [1.29, 1.82) is 0 Å². The molecule has 0 amide bonds. The molecule has 4 nitrogen and oxygen atoms in total. The molecule has 128 valence electrons. The average Bonchev–Trinajstić information content (AvgIpc) is 3.15. The molecule has 1 saturated heterocycles. The van der Waals surface area contributed by atoms with Crippen LogP contribution in [0.25, 0.3) is 0 Å². The summed E-state index contributed by atoms with van der Waals surface area (Å²) in [6, 6.07) is 15.5. The Morgan fingerprint density at radius 2 is 1.84 bits per heavy atom. The van der Waals surface area contributed by atoms with Crippen molar-refractivity contribution in [2.45, 2.75) is 23.4 Å². The maximum absolute atomic E-state index is 6.49. The number of nitrogens with zero attached hydrogens (tertiary/aromatic N) is 3. The zero-order valence-electron chi connectivity index (χ0n) is 13.4. The molecule has 2 aromatic carbocycles. The van der Waals surface area contributed by atoms with Crippen LogP contribution in [0.3, 0.4) is 0 Å². The topological polar surface area (TPSA) is 43.2 Å². The fourth-order valence-corrected chi connectivity index (χ4v) is 4.14. The predicted molar refractivity (Wildman–Crippen MR) is 100 cm³/mol. The van der Waals surface area contributed by atoms with E-state index in [2.05, 4.69) is 10.1 Å². The molecule has 1 fully saturated rings. The van der Waals surface area contributed by atoms with Crippen LogP contribution in [0, 0.1) is 0 Å². The summed E-state index contributed by atoms with van der Waals surface area (Å²) in [4.78, 5) is 4.28. The fraction of sp³-hybridized carbons (Fsp3) is 0.222. The van der Waals surface area contributed by atoms with Crippen molar-refractivity contribution >= 4 is 35.0 Å². The SMILES string of the molecule is CSc1ncnn1CC1(c2ccccc2Cl)OC1c1ccccc1Cl. The van der Waals surface area contributed by atoms with Gasteiger partial charge < -0.3 is 4.74 Å². The molecule has 1 aliphatic heterocycles. The smallest absolute Gasteiger partial charge is 0.185 e. The minimum Gasteiger partial charge on any atom is -0.354 e. The molecule has 0 radical (unpaired) electrons. The molecular formula is C18H15Cl2N3OS. The monoisotopic (exact) mass is 391 g/mol. The summed E-state index contributed by atoms with van der Waals surface area (Å²) in [6.07, 6.45) is 3.35. The summed E-state index contributed by atoms with van der Waals surface area (Å²) in [5.74, 6) is 0. The van der Waals surface area contributed by atoms with Crippen molar-refractivity contribution in [3.8, 4) is 0 Å². The molecule has 0 bridgehead atoms. The van der Waals surface area contributed by atoms with Crippen molar-refractivity contribution in [2.75, 3.05) is 6.26 Å². The lowest BCUT2D eigenvalue weighted by Crippen LogP contribution is -2.21. The van der Waals surface area contributed by atoms with E-state index in [1.807, 2.05) is 59.5 Å². The molecule has 2 heterocycles. The summed E-state index contributed by atoms with van der Waals surface area (Å²) in [6.45, 7) is 0.517. The highest BCUT2D eigenvalue weighted by Crippen LogP contribution is 2.60. The van der Waals surface area contributed by atoms with Crippen molar-refractivity contribution in [2.24, 2.45) is 0 Å². The van der Waals surface area contributed by atoms with Gasteiger partial charge in [0, 0.05) is 21.2 Å². The van der Waals surface area contributed by atoms with Crippen molar-refractivity contribution in [3.05, 3.63) is 76.0 Å². The molecule has 3 aromatic rings. The number of hydrogen-bond acceptors (Lipinski definition) is 4. The van der Waals surface area contributed by atoms with Crippen LogP contribution < -0.4 is 0 Å². The second-order valence-corrected chi connectivity index (χ2v) is 7.38. The van der Waals surface area contributed by atoms with Gasteiger partial charge in [0.05, 0.1) is 6.54 Å². The molecule has 0 aliphatic carbocycles. The van der Waals surface area contributed by atoms with Gasteiger partial charge in [0.1, 0.15) is 18.0 Å². The van der Waals surface area contributed by atoms with Crippen molar-refractivity contribution < 1.29 is 4.74 Å². The third-order valence-corrected chi connectivity index (χ3v) is 5.71. The van der Waals surface area contributed by atoms with Crippen LogP contribution in [-0.2, 0) is 16.9 Å². The molecule has 1 aliphatic rings. The van der Waals surface area contributed by atoms with Crippen LogP contribution in [0.1, 0.15) is 17.2 Å². The van der Waals surface area contributed by atoms with Gasteiger partial charge in [-0.15, -0.1) is 0 Å². The highest BCUT2D eigenvalue weighted by atomic mass is 35.5. The number of rotatable bonds is 5. The first-order valence-corrected chi connectivity index (χ1v) is 9.73. The maximum Gasteiger partial charge on any atom is 0.185 e. The Balaban J connectivity index is 1.79. The summed E-state index contributed by atoms with van der Waals surface area (Å²) >= 11 is 14.4. The lowest BCUT2D eigenvalue weighted by molar-refractivity contribution is 0.256. The summed E-state index contributed by atoms with van der Waals surface area (Å²) < 4.78 is 8.10. The van der Waals surface area contributed by atoms with E-state index in [-0.39, 0.29) is 6.10 Å². The number of aromatic nitrogens is 3. The van der Waals surface area contributed by atoms with E-state index in [0.717, 1.165) is 16.3 Å². The van der Waals surface area contributed by atoms with Gasteiger partial charge in [-0.3, -0.25) is 0 Å². The van der Waals surface area contributed by atoms with Crippen molar-refractivity contribution in [1.82, 2.24) is 14.8 Å². The summed E-state index contributed by atoms with van der Waals surface area (Å²) in [7, 11) is 0. The number of halogens is 2. The van der Waals surface area contributed by atoms with E-state index >= 15 is 0 Å². The first-order valence-electron chi connectivity index (χ1n) is 7.75. The first kappa shape index (κ1) is 16.9. The number of hydrogen-bond donors (Lipinski definition) is 0. The van der Waals surface area contributed by atoms with Gasteiger partial charge in [-0.1, -0.05) is 71.4 Å². The molecule has 25 heavy (non-hydrogen) atoms. The van der Waals surface area contributed by atoms with E-state index in [1.165, 1.54) is 0 Å². The minimum absolute atomic E-state index is 0.181. The molecular weight excluding hydrogens is 377 g/mol. The van der Waals surface area contributed by atoms with Gasteiger partial charge in [0.15, 0.2) is 5.16 Å². The molecule has 7 heteroatoms. The molecule has 2 atom stereocenters. The number of benzene rings is 2. The Hall–Kier alpha value is -1.53. The van der Waals surface area contributed by atoms with Crippen LogP contribution in [0.4, 0.5) is 0 Å². The van der Waals surface area contributed by atoms with Gasteiger partial charge in [0.2, 0.25) is 0 Å². The number of thioether (sulfide) groups is 1. The average molecular weight is 392 g/mol. The zero-order valence-corrected chi connectivity index (χ0v) is 15.7. The van der Waals surface area contributed by atoms with Gasteiger partial charge in [-0.05, 0) is 18.4 Å². The van der Waals surface area contributed by atoms with Gasteiger partial charge in [0.25, 0.3) is 0 Å². The Bertz CT molecular complexity index is 917. The minimum atomic E-state index is -0.610. The second-order valence-electron chi connectivity index (χ2n) is 5.79. The van der Waals surface area contributed by atoms with Crippen LogP contribution in [0.15, 0.2) is 60.0 Å². The molecule has 1 aromatic heterocycles. The standard InChI is InChI=1S/C18H15Cl2N3OS/c1-25-17-21-11-22-23(17)10-18(13-7-3-5-9-15(13)20)16(24-18)12-6-2-4-8-14(12)19/h2-9,11,16H,10H2,1H3. The van der Waals surface area contributed by atoms with Gasteiger partial charge >= 0.3 is 0 Å². The van der Waals surface area contributed by atoms with Crippen LogP contribution in [0.5, 0.6) is 0 Å². The quantitative estimate of drug-likeness (QED) is 0.454. The van der Waals surface area contributed by atoms with E-state index in [9.17, 15) is 0 Å². The molecule has 2 unspecified atom stereocenters.